The van der Waals surface area contributed by atoms with Gasteiger partial charge in [-0.2, -0.15) is 11.8 Å². The second-order valence-corrected chi connectivity index (χ2v) is 6.14. The quantitative estimate of drug-likeness (QED) is 0.893. The van der Waals surface area contributed by atoms with E-state index in [0.717, 1.165) is 26.1 Å². The van der Waals surface area contributed by atoms with Gasteiger partial charge in [0.1, 0.15) is 0 Å². The van der Waals surface area contributed by atoms with E-state index in [1.54, 1.807) is 0 Å². The van der Waals surface area contributed by atoms with Crippen LogP contribution in [0.3, 0.4) is 0 Å². The molecule has 1 aliphatic heterocycles. The van der Waals surface area contributed by atoms with E-state index < -0.39 is 0 Å². The summed E-state index contributed by atoms with van der Waals surface area (Å²) >= 11 is 3.90. The van der Waals surface area contributed by atoms with Crippen molar-refractivity contribution in [1.29, 1.82) is 0 Å². The Labute approximate surface area is 106 Å². The lowest BCUT2D eigenvalue weighted by atomic mass is 10.3. The van der Waals surface area contributed by atoms with Gasteiger partial charge in [-0.05, 0) is 13.5 Å². The first-order valence-corrected chi connectivity index (χ1v) is 7.78. The smallest absolute Gasteiger partial charge is 0.185 e. The van der Waals surface area contributed by atoms with Crippen LogP contribution in [-0.2, 0) is 13.0 Å². The summed E-state index contributed by atoms with van der Waals surface area (Å²) in [7, 11) is 2.00. The van der Waals surface area contributed by atoms with E-state index in [4.69, 9.17) is 4.98 Å². The van der Waals surface area contributed by atoms with Gasteiger partial charge in [-0.3, -0.25) is 0 Å². The highest BCUT2D eigenvalue weighted by Crippen LogP contribution is 2.28. The van der Waals surface area contributed by atoms with Crippen molar-refractivity contribution in [1.82, 2.24) is 10.3 Å². The van der Waals surface area contributed by atoms with Crippen LogP contribution in [0.4, 0.5) is 5.13 Å². The van der Waals surface area contributed by atoms with E-state index in [2.05, 4.69) is 17.1 Å². The Morgan fingerprint density at radius 3 is 2.75 bits per heavy atom. The first-order valence-electron chi connectivity index (χ1n) is 5.81. The van der Waals surface area contributed by atoms with E-state index in [1.807, 2.05) is 30.1 Å². The number of rotatable bonds is 4. The average molecular weight is 257 g/mol. The van der Waals surface area contributed by atoms with Crippen molar-refractivity contribution in [3.63, 3.8) is 0 Å². The lowest BCUT2D eigenvalue weighted by molar-refractivity contribution is 0.811. The van der Waals surface area contributed by atoms with Gasteiger partial charge in [-0.15, -0.1) is 11.3 Å². The molecule has 90 valence electrons. The summed E-state index contributed by atoms with van der Waals surface area (Å²) in [6.07, 6.45) is 1.04. The third-order valence-corrected chi connectivity index (χ3v) is 4.82. The maximum absolute atomic E-state index is 4.77. The van der Waals surface area contributed by atoms with Gasteiger partial charge in [0.2, 0.25) is 0 Å². The van der Waals surface area contributed by atoms with Crippen molar-refractivity contribution < 1.29 is 0 Å². The minimum Gasteiger partial charge on any atom is -0.346 e. The lowest BCUT2D eigenvalue weighted by Gasteiger charge is -2.25. The van der Waals surface area contributed by atoms with E-state index >= 15 is 0 Å². The molecule has 1 aliphatic rings. The molecule has 1 N–H and O–H groups in total. The number of nitrogens with zero attached hydrogens (tertiary/aromatic N) is 2. The van der Waals surface area contributed by atoms with Crippen LogP contribution in [0.25, 0.3) is 0 Å². The standard InChI is InChI=1S/C11H19N3S2/c1-3-9-10(8-12-2)16-11(13-9)14-4-6-15-7-5-14/h12H,3-8H2,1-2H3. The van der Waals surface area contributed by atoms with Gasteiger partial charge in [0.25, 0.3) is 0 Å². The Morgan fingerprint density at radius 2 is 2.12 bits per heavy atom. The molecule has 0 saturated carbocycles. The molecule has 5 heteroatoms. The fourth-order valence-electron chi connectivity index (χ4n) is 1.83. The highest BCUT2D eigenvalue weighted by atomic mass is 32.2. The second-order valence-electron chi connectivity index (χ2n) is 3.85. The number of hydrogen-bond acceptors (Lipinski definition) is 5. The molecule has 1 fully saturated rings. The van der Waals surface area contributed by atoms with Gasteiger partial charge in [-0.25, -0.2) is 4.98 Å². The predicted molar refractivity (Wildman–Crippen MR) is 73.8 cm³/mol. The molecule has 2 rings (SSSR count). The minimum absolute atomic E-state index is 0.948. The van der Waals surface area contributed by atoms with Gasteiger partial charge in [0.05, 0.1) is 5.69 Å². The van der Waals surface area contributed by atoms with E-state index in [-0.39, 0.29) is 0 Å². The van der Waals surface area contributed by atoms with Crippen LogP contribution in [0.15, 0.2) is 0 Å². The first kappa shape index (κ1) is 12.2. The van der Waals surface area contributed by atoms with Crippen molar-refractivity contribution in [2.75, 3.05) is 36.5 Å². The highest BCUT2D eigenvalue weighted by molar-refractivity contribution is 7.99. The van der Waals surface area contributed by atoms with E-state index in [0.29, 0.717) is 0 Å². The summed E-state index contributed by atoms with van der Waals surface area (Å²) in [5.74, 6) is 2.48. The van der Waals surface area contributed by atoms with Crippen LogP contribution in [0, 0.1) is 0 Å². The molecule has 0 atom stereocenters. The summed E-state index contributed by atoms with van der Waals surface area (Å²) in [6.45, 7) is 5.44. The fourth-order valence-corrected chi connectivity index (χ4v) is 3.95. The first-order chi connectivity index (χ1) is 7.85. The molecule has 1 saturated heterocycles. The van der Waals surface area contributed by atoms with Crippen LogP contribution >= 0.6 is 23.1 Å². The SMILES string of the molecule is CCc1nc(N2CCSCC2)sc1CNC. The molecule has 0 aromatic carbocycles. The van der Waals surface area contributed by atoms with Crippen molar-refractivity contribution in [2.24, 2.45) is 0 Å². The van der Waals surface area contributed by atoms with Crippen LogP contribution in [-0.4, -0.2) is 36.6 Å². The summed E-state index contributed by atoms with van der Waals surface area (Å²) in [6, 6.07) is 0. The molecule has 0 bridgehead atoms. The maximum atomic E-state index is 4.77. The molecule has 0 spiro atoms. The molecule has 2 heterocycles. The van der Waals surface area contributed by atoms with Crippen LogP contribution in [0.5, 0.6) is 0 Å². The van der Waals surface area contributed by atoms with Gasteiger partial charge in [-0.1, -0.05) is 6.92 Å². The zero-order valence-electron chi connectivity index (χ0n) is 9.95. The van der Waals surface area contributed by atoms with Crippen molar-refractivity contribution >= 4 is 28.2 Å². The van der Waals surface area contributed by atoms with E-state index in [1.165, 1.54) is 27.2 Å². The maximum Gasteiger partial charge on any atom is 0.185 e. The molecular formula is C11H19N3S2. The number of thiazole rings is 1. The Bertz CT molecular complexity index is 332. The molecule has 0 amide bonds. The zero-order chi connectivity index (χ0) is 11.4. The predicted octanol–water partition coefficient (Wildman–Crippen LogP) is 1.98. The van der Waals surface area contributed by atoms with Crippen LogP contribution in [0.1, 0.15) is 17.5 Å². The van der Waals surface area contributed by atoms with Gasteiger partial charge < -0.3 is 10.2 Å². The number of anilines is 1. The number of thioether (sulfide) groups is 1. The third-order valence-electron chi connectivity index (χ3n) is 2.72. The molecule has 0 aliphatic carbocycles. The number of aromatic nitrogens is 1. The lowest BCUT2D eigenvalue weighted by Crippen LogP contribution is -2.32. The Hall–Kier alpha value is -0.260. The molecule has 0 unspecified atom stereocenters. The summed E-state index contributed by atoms with van der Waals surface area (Å²) in [5, 5.41) is 4.45. The van der Waals surface area contributed by atoms with Crippen molar-refractivity contribution in [3.8, 4) is 0 Å². The average Bonchev–Trinajstić information content (AvgIpc) is 2.74. The van der Waals surface area contributed by atoms with Gasteiger partial charge in [0, 0.05) is 36.0 Å². The topological polar surface area (TPSA) is 28.2 Å². The van der Waals surface area contributed by atoms with Crippen LogP contribution < -0.4 is 10.2 Å². The molecule has 3 nitrogen and oxygen atoms in total. The normalized spacial score (nSPS) is 16.8. The Morgan fingerprint density at radius 1 is 1.38 bits per heavy atom. The Kier molecular flexibility index (Phi) is 4.49. The van der Waals surface area contributed by atoms with Crippen molar-refractivity contribution in [3.05, 3.63) is 10.6 Å². The largest absolute Gasteiger partial charge is 0.346 e. The molecular weight excluding hydrogens is 238 g/mol. The number of aryl methyl sites for hydroxylation is 1. The second kappa shape index (κ2) is 5.89. The van der Waals surface area contributed by atoms with E-state index in [9.17, 15) is 0 Å². The van der Waals surface area contributed by atoms with Gasteiger partial charge >= 0.3 is 0 Å². The number of hydrogen-bond donors (Lipinski definition) is 1. The van der Waals surface area contributed by atoms with Crippen LogP contribution in [0.2, 0.25) is 0 Å². The molecule has 16 heavy (non-hydrogen) atoms. The summed E-state index contributed by atoms with van der Waals surface area (Å²) in [5.41, 5.74) is 1.27. The van der Waals surface area contributed by atoms with Gasteiger partial charge in [0.15, 0.2) is 5.13 Å². The monoisotopic (exact) mass is 257 g/mol. The molecule has 1 aromatic rings. The Balaban J connectivity index is 2.14. The molecule has 1 aromatic heterocycles. The summed E-state index contributed by atoms with van der Waals surface area (Å²) < 4.78 is 0. The highest BCUT2D eigenvalue weighted by Gasteiger charge is 2.17. The summed E-state index contributed by atoms with van der Waals surface area (Å²) in [4.78, 5) is 8.60. The van der Waals surface area contributed by atoms with Crippen molar-refractivity contribution in [2.45, 2.75) is 19.9 Å². The molecule has 0 radical (unpaired) electrons. The third kappa shape index (κ3) is 2.70. The zero-order valence-corrected chi connectivity index (χ0v) is 11.6. The minimum atomic E-state index is 0.948. The fraction of sp³-hybridized carbons (Fsp3) is 0.727. The number of nitrogens with one attached hydrogen (secondary N) is 1.